The van der Waals surface area contributed by atoms with Gasteiger partial charge in [-0.1, -0.05) is 96.8 Å². The number of rotatable bonds is 29. The Balaban J connectivity index is 1.51. The van der Waals surface area contributed by atoms with Crippen molar-refractivity contribution < 1.29 is 46.3 Å². The minimum atomic E-state index is -5.15. The molecule has 0 saturated carbocycles. The van der Waals surface area contributed by atoms with Crippen molar-refractivity contribution in [2.24, 2.45) is 5.92 Å². The molecule has 1 amide bonds. The van der Waals surface area contributed by atoms with E-state index in [0.717, 1.165) is 41.2 Å². The van der Waals surface area contributed by atoms with Crippen molar-refractivity contribution in [2.45, 2.75) is 193 Å². The molecule has 2 aromatic rings. The molecular formula is C43H71F2N7O10P-. The molecule has 4 N–H and O–H groups in total. The Morgan fingerprint density at radius 2 is 1.27 bits per heavy atom. The highest BCUT2D eigenvalue weighted by Gasteiger charge is 2.51. The number of nitrogens with two attached hydrogens (primary N) is 2. The number of nitrogen functional groups attached to an aromatic ring is 2. The first-order chi connectivity index (χ1) is 30.0. The fourth-order valence-corrected chi connectivity index (χ4v) is 9.20. The molecule has 0 spiro atoms. The average molecular weight is 915 g/mol. The van der Waals surface area contributed by atoms with E-state index >= 15 is 8.78 Å². The molecule has 0 aliphatic carbocycles. The molecule has 1 unspecified atom stereocenters. The smallest absolute Gasteiger partial charge is 0.351 e. The SMILES string of the molecule is CCCCCCCCCCCCCCCCCN(C[C@H]1O[C@@H](n2ccc(N)nc2=O)[C@H](F)[C@@H]1OP(=O)([O-])OC(C)C)C(=O)C[C@H]1[C@@H](F)[C@H](n2ccc(N)nc2=O)O[C@@H]1COC(C)C. The van der Waals surface area contributed by atoms with Gasteiger partial charge in [-0.05, 0) is 46.2 Å². The predicted octanol–water partition coefficient (Wildman–Crippen LogP) is 6.55. The summed E-state index contributed by atoms with van der Waals surface area (Å²) in [4.78, 5) is 61.7. The normalized spacial score (nSPS) is 24.7. The van der Waals surface area contributed by atoms with Crippen LogP contribution in [-0.4, -0.2) is 92.5 Å². The van der Waals surface area contributed by atoms with Crippen LogP contribution in [0.25, 0.3) is 0 Å². The molecule has 2 aliphatic rings. The van der Waals surface area contributed by atoms with Gasteiger partial charge in [0.05, 0.1) is 24.9 Å². The van der Waals surface area contributed by atoms with Crippen molar-refractivity contribution in [3.63, 3.8) is 0 Å². The molecule has 17 nitrogen and oxygen atoms in total. The van der Waals surface area contributed by atoms with Crippen molar-refractivity contribution >= 4 is 25.4 Å². The molecule has 4 heterocycles. The summed E-state index contributed by atoms with van der Waals surface area (Å²) < 4.78 is 75.9. The topological polar surface area (TPSA) is 228 Å². The average Bonchev–Trinajstić information content (AvgIpc) is 3.67. The number of phosphoric ester groups is 1. The van der Waals surface area contributed by atoms with Crippen LogP contribution < -0.4 is 27.7 Å². The van der Waals surface area contributed by atoms with Crippen LogP contribution in [0.15, 0.2) is 34.1 Å². The van der Waals surface area contributed by atoms with E-state index in [-0.39, 0.29) is 37.4 Å². The molecule has 4 rings (SSSR count). The van der Waals surface area contributed by atoms with Gasteiger partial charge in [-0.25, -0.2) is 18.4 Å². The summed E-state index contributed by atoms with van der Waals surface area (Å²) in [7, 11) is -5.15. The maximum atomic E-state index is 16.5. The number of hydrogen-bond acceptors (Lipinski definition) is 14. The first-order valence-electron chi connectivity index (χ1n) is 22.9. The second kappa shape index (κ2) is 26.0. The van der Waals surface area contributed by atoms with Crippen molar-refractivity contribution in [2.75, 3.05) is 31.2 Å². The lowest BCUT2D eigenvalue weighted by molar-refractivity contribution is -0.235. The molecule has 0 radical (unpaired) electrons. The Hall–Kier alpha value is -3.32. The van der Waals surface area contributed by atoms with Gasteiger partial charge in [-0.3, -0.25) is 18.5 Å². The van der Waals surface area contributed by atoms with Crippen LogP contribution in [0.1, 0.15) is 150 Å². The van der Waals surface area contributed by atoms with Gasteiger partial charge >= 0.3 is 11.4 Å². The maximum Gasteiger partial charge on any atom is 0.351 e. The van der Waals surface area contributed by atoms with Crippen LogP contribution in [0.4, 0.5) is 20.4 Å². The summed E-state index contributed by atoms with van der Waals surface area (Å²) >= 11 is 0. The predicted molar refractivity (Wildman–Crippen MR) is 233 cm³/mol. The zero-order valence-corrected chi connectivity index (χ0v) is 38.6. The highest BCUT2D eigenvalue weighted by Crippen LogP contribution is 2.47. The maximum absolute atomic E-state index is 16.5. The number of halogens is 2. The molecule has 2 aromatic heterocycles. The lowest BCUT2D eigenvalue weighted by atomic mass is 9.94. The number of hydrogen-bond donors (Lipinski definition) is 2. The number of amides is 1. The van der Waals surface area contributed by atoms with Gasteiger partial charge in [0.15, 0.2) is 24.8 Å². The van der Waals surface area contributed by atoms with Gasteiger partial charge < -0.3 is 44.5 Å². The van der Waals surface area contributed by atoms with Crippen LogP contribution in [0.5, 0.6) is 0 Å². The van der Waals surface area contributed by atoms with E-state index in [1.807, 2.05) is 0 Å². The number of alkyl halides is 2. The highest BCUT2D eigenvalue weighted by molar-refractivity contribution is 7.45. The number of anilines is 2. The number of phosphoric acid groups is 1. The zero-order valence-electron chi connectivity index (χ0n) is 37.7. The zero-order chi connectivity index (χ0) is 46.1. The third kappa shape index (κ3) is 16.6. The van der Waals surface area contributed by atoms with Crippen LogP contribution in [0.3, 0.4) is 0 Å². The summed E-state index contributed by atoms with van der Waals surface area (Å²) in [6.45, 7) is 8.38. The van der Waals surface area contributed by atoms with Crippen LogP contribution in [-0.2, 0) is 32.6 Å². The van der Waals surface area contributed by atoms with E-state index in [2.05, 4.69) is 16.9 Å². The second-order valence-electron chi connectivity index (χ2n) is 17.3. The van der Waals surface area contributed by atoms with Crippen molar-refractivity contribution in [3.05, 3.63) is 45.5 Å². The molecule has 0 aromatic carbocycles. The van der Waals surface area contributed by atoms with Crippen molar-refractivity contribution in [1.29, 1.82) is 0 Å². The molecule has 358 valence electrons. The van der Waals surface area contributed by atoms with E-state index in [0.29, 0.717) is 6.42 Å². The molecule has 63 heavy (non-hydrogen) atoms. The van der Waals surface area contributed by atoms with Gasteiger partial charge in [0.25, 0.3) is 7.82 Å². The number of aromatic nitrogens is 4. The summed E-state index contributed by atoms with van der Waals surface area (Å²) in [6.07, 6.45) is 6.34. The number of carbonyl (C=O) groups is 1. The molecule has 20 heteroatoms. The number of nitrogens with zero attached hydrogens (tertiary/aromatic N) is 5. The largest absolute Gasteiger partial charge is 0.756 e. The van der Waals surface area contributed by atoms with Crippen molar-refractivity contribution in [1.82, 2.24) is 24.0 Å². The van der Waals surface area contributed by atoms with Gasteiger partial charge in [0, 0.05) is 37.8 Å². The van der Waals surface area contributed by atoms with Gasteiger partial charge in [0.1, 0.15) is 23.8 Å². The van der Waals surface area contributed by atoms with Crippen LogP contribution >= 0.6 is 7.82 Å². The monoisotopic (exact) mass is 914 g/mol. The Kier molecular flexibility index (Phi) is 21.6. The number of carbonyl (C=O) groups excluding carboxylic acids is 1. The van der Waals surface area contributed by atoms with E-state index in [9.17, 15) is 23.8 Å². The molecule has 2 aliphatic heterocycles. The lowest BCUT2D eigenvalue weighted by Gasteiger charge is -2.33. The third-order valence-corrected chi connectivity index (χ3v) is 12.6. The van der Waals surface area contributed by atoms with Crippen LogP contribution in [0.2, 0.25) is 0 Å². The Bertz CT molecular complexity index is 1860. The summed E-state index contributed by atoms with van der Waals surface area (Å²) in [5.41, 5.74) is 9.54. The second-order valence-corrected chi connectivity index (χ2v) is 18.6. The first-order valence-corrected chi connectivity index (χ1v) is 24.3. The summed E-state index contributed by atoms with van der Waals surface area (Å²) in [5.74, 6) is -1.84. The van der Waals surface area contributed by atoms with E-state index in [4.69, 9.17) is 34.7 Å². The summed E-state index contributed by atoms with van der Waals surface area (Å²) in [5, 5.41) is 0. The van der Waals surface area contributed by atoms with E-state index in [1.165, 1.54) is 101 Å². The molecular weight excluding hydrogens is 843 g/mol. The minimum Gasteiger partial charge on any atom is -0.756 e. The fourth-order valence-electron chi connectivity index (χ4n) is 8.09. The Morgan fingerprint density at radius 3 is 1.75 bits per heavy atom. The number of ether oxygens (including phenoxy) is 3. The quantitative estimate of drug-likeness (QED) is 0.0652. The number of unbranched alkanes of at least 4 members (excludes halogenated alkanes) is 14. The van der Waals surface area contributed by atoms with Gasteiger partial charge in [-0.2, -0.15) is 9.97 Å². The highest BCUT2D eigenvalue weighted by atomic mass is 31.2. The van der Waals surface area contributed by atoms with Gasteiger partial charge in [0.2, 0.25) is 5.91 Å². The third-order valence-electron chi connectivity index (χ3n) is 11.4. The van der Waals surface area contributed by atoms with Crippen LogP contribution in [0, 0.1) is 5.92 Å². The summed E-state index contributed by atoms with van der Waals surface area (Å²) in [6, 6.07) is 2.59. The standard InChI is InChI=1S/C43H72F2N7O10P/c1-6-7-8-9-10-11-12-13-14-15-16-17-18-19-20-23-50(36(53)26-31-33(28-58-29(2)3)60-40(37(31)44)51-24-21-34(46)48-42(51)54)27-32-39(62-63(56,57)61-30(4)5)38(45)41(59-32)52-25-22-35(47)49-43(52)55/h21-22,24-25,29-33,37-41H,6-20,23,26-28H2,1-5H3,(H,56,57)(H2,46,48,54)(H2,47,49,55)/p-1/t31-,32-,33-,37-,38-,39-,40-,41-/m1/s1. The van der Waals surface area contributed by atoms with Gasteiger partial charge in [-0.15, -0.1) is 0 Å². The van der Waals surface area contributed by atoms with E-state index in [1.54, 1.807) is 13.8 Å². The molecule has 0 bridgehead atoms. The molecule has 9 atom stereocenters. The lowest BCUT2D eigenvalue weighted by Crippen LogP contribution is -2.45. The van der Waals surface area contributed by atoms with Crippen molar-refractivity contribution in [3.8, 4) is 0 Å². The van der Waals surface area contributed by atoms with E-state index < -0.39 is 86.7 Å². The molecule has 2 fully saturated rings. The first kappa shape index (κ1) is 52.3. The Morgan fingerprint density at radius 1 is 0.794 bits per heavy atom. The Labute approximate surface area is 370 Å². The fraction of sp³-hybridized carbons (Fsp3) is 0.791. The minimum absolute atomic E-state index is 0.0543. The molecule has 2 saturated heterocycles.